The largest absolute Gasteiger partial charge is 0.379 e. The Kier molecular flexibility index (Phi) is 5.54. The van der Waals surface area contributed by atoms with Crippen LogP contribution in [0, 0.1) is 12.8 Å². The second kappa shape index (κ2) is 7.40. The Morgan fingerprint density at radius 3 is 2.82 bits per heavy atom. The highest BCUT2D eigenvalue weighted by atomic mass is 16.5. The van der Waals surface area contributed by atoms with Crippen LogP contribution in [0.25, 0.3) is 0 Å². The van der Waals surface area contributed by atoms with Gasteiger partial charge in [0.15, 0.2) is 5.69 Å². The van der Waals surface area contributed by atoms with E-state index in [0.717, 1.165) is 6.42 Å². The predicted octanol–water partition coefficient (Wildman–Crippen LogP) is 0.986. The zero-order valence-corrected chi connectivity index (χ0v) is 13.3. The summed E-state index contributed by atoms with van der Waals surface area (Å²) in [6.45, 7) is 7.79. The molecular weight excluding hydrogens is 286 g/mol. The van der Waals surface area contributed by atoms with Gasteiger partial charge in [0, 0.05) is 32.3 Å². The monoisotopic (exact) mass is 309 g/mol. The van der Waals surface area contributed by atoms with Crippen LogP contribution < -0.4 is 5.32 Å². The van der Waals surface area contributed by atoms with Gasteiger partial charge >= 0.3 is 0 Å². The van der Waals surface area contributed by atoms with Gasteiger partial charge < -0.3 is 19.5 Å². The summed E-state index contributed by atoms with van der Waals surface area (Å²) in [4.78, 5) is 25.5. The molecular formula is C15H23N3O4. The molecule has 0 aliphatic carbocycles. The van der Waals surface area contributed by atoms with Crippen molar-refractivity contribution >= 4 is 11.8 Å². The highest BCUT2D eigenvalue weighted by Crippen LogP contribution is 2.18. The van der Waals surface area contributed by atoms with Crippen molar-refractivity contribution in [3.8, 4) is 0 Å². The first-order chi connectivity index (χ1) is 10.5. The van der Waals surface area contributed by atoms with Crippen LogP contribution >= 0.6 is 0 Å². The number of hydrogen-bond acceptors (Lipinski definition) is 5. The van der Waals surface area contributed by atoms with Crippen molar-refractivity contribution in [3.63, 3.8) is 0 Å². The molecule has 0 spiro atoms. The molecule has 1 aliphatic rings. The van der Waals surface area contributed by atoms with Crippen LogP contribution in [-0.2, 0) is 9.53 Å². The minimum atomic E-state index is -0.189. The number of carbonyl (C=O) groups is 2. The maximum atomic E-state index is 12.0. The molecule has 1 aromatic heterocycles. The molecule has 2 rings (SSSR count). The maximum absolute atomic E-state index is 12.0. The van der Waals surface area contributed by atoms with Crippen LogP contribution in [0.15, 0.2) is 10.6 Å². The predicted molar refractivity (Wildman–Crippen MR) is 79.3 cm³/mol. The number of amides is 2. The normalized spacial score (nSPS) is 15.0. The van der Waals surface area contributed by atoms with Crippen molar-refractivity contribution in [1.82, 2.24) is 15.4 Å². The molecule has 0 atom stereocenters. The number of rotatable bonds is 7. The highest BCUT2D eigenvalue weighted by molar-refractivity contribution is 5.94. The molecule has 0 aromatic carbocycles. The lowest BCUT2D eigenvalue weighted by Gasteiger charge is -2.37. The quantitative estimate of drug-likeness (QED) is 0.759. The fourth-order valence-electron chi connectivity index (χ4n) is 2.19. The molecule has 2 amide bonds. The summed E-state index contributed by atoms with van der Waals surface area (Å²) in [7, 11) is 0. The lowest BCUT2D eigenvalue weighted by atomic mass is 9.98. The van der Waals surface area contributed by atoms with Gasteiger partial charge in [0.05, 0.1) is 12.0 Å². The number of aromatic nitrogens is 1. The standard InChI is InChI=1S/C15H23N3O4/c1-10(2)21-6-4-5-16-14(19)12-8-18(9-12)15(20)13-7-11(3)22-17-13/h7,10,12H,4-6,8-9H2,1-3H3,(H,16,19). The molecule has 7 nitrogen and oxygen atoms in total. The Labute approximate surface area is 130 Å². The first kappa shape index (κ1) is 16.5. The van der Waals surface area contributed by atoms with Crippen LogP contribution in [0.2, 0.25) is 0 Å². The van der Waals surface area contributed by atoms with Gasteiger partial charge in [0.2, 0.25) is 5.91 Å². The summed E-state index contributed by atoms with van der Waals surface area (Å²) in [6.07, 6.45) is 0.999. The van der Waals surface area contributed by atoms with Crippen molar-refractivity contribution in [1.29, 1.82) is 0 Å². The van der Waals surface area contributed by atoms with E-state index >= 15 is 0 Å². The molecule has 1 saturated heterocycles. The van der Waals surface area contributed by atoms with Crippen molar-refractivity contribution < 1.29 is 18.8 Å². The summed E-state index contributed by atoms with van der Waals surface area (Å²) >= 11 is 0. The van der Waals surface area contributed by atoms with Gasteiger partial charge in [-0.15, -0.1) is 0 Å². The molecule has 0 radical (unpaired) electrons. The van der Waals surface area contributed by atoms with Crippen LogP contribution in [0.3, 0.4) is 0 Å². The molecule has 2 heterocycles. The van der Waals surface area contributed by atoms with Crippen LogP contribution in [0.5, 0.6) is 0 Å². The summed E-state index contributed by atoms with van der Waals surface area (Å²) in [5.41, 5.74) is 0.294. The lowest BCUT2D eigenvalue weighted by Crippen LogP contribution is -2.55. The van der Waals surface area contributed by atoms with Gasteiger partial charge in [0.1, 0.15) is 5.76 Å². The number of aryl methyl sites for hydroxylation is 1. The van der Waals surface area contributed by atoms with E-state index in [9.17, 15) is 9.59 Å². The third kappa shape index (κ3) is 4.30. The van der Waals surface area contributed by atoms with Gasteiger partial charge in [-0.25, -0.2) is 0 Å². The smallest absolute Gasteiger partial charge is 0.276 e. The zero-order valence-electron chi connectivity index (χ0n) is 13.3. The van der Waals surface area contributed by atoms with Gasteiger partial charge in [-0.3, -0.25) is 9.59 Å². The van der Waals surface area contributed by atoms with Crippen molar-refractivity contribution in [2.75, 3.05) is 26.2 Å². The molecule has 1 N–H and O–H groups in total. The van der Waals surface area contributed by atoms with Gasteiger partial charge in [-0.2, -0.15) is 0 Å². The van der Waals surface area contributed by atoms with E-state index in [-0.39, 0.29) is 23.8 Å². The Morgan fingerprint density at radius 1 is 1.50 bits per heavy atom. The highest BCUT2D eigenvalue weighted by Gasteiger charge is 2.36. The summed E-state index contributed by atoms with van der Waals surface area (Å²) in [5, 5.41) is 6.56. The van der Waals surface area contributed by atoms with E-state index < -0.39 is 0 Å². The van der Waals surface area contributed by atoms with Crippen LogP contribution in [-0.4, -0.2) is 54.2 Å². The fourth-order valence-corrected chi connectivity index (χ4v) is 2.19. The van der Waals surface area contributed by atoms with E-state index in [1.807, 2.05) is 13.8 Å². The minimum absolute atomic E-state index is 0.00932. The Bertz CT molecular complexity index is 521. The van der Waals surface area contributed by atoms with Crippen molar-refractivity contribution in [2.45, 2.75) is 33.3 Å². The zero-order chi connectivity index (χ0) is 16.1. The molecule has 1 fully saturated rings. The van der Waals surface area contributed by atoms with E-state index in [1.165, 1.54) is 0 Å². The van der Waals surface area contributed by atoms with E-state index in [0.29, 0.717) is 37.7 Å². The molecule has 7 heteroatoms. The van der Waals surface area contributed by atoms with E-state index in [4.69, 9.17) is 9.26 Å². The molecule has 0 unspecified atom stereocenters. The Hall–Kier alpha value is -1.89. The van der Waals surface area contributed by atoms with Crippen molar-refractivity contribution in [3.05, 3.63) is 17.5 Å². The fraction of sp³-hybridized carbons (Fsp3) is 0.667. The summed E-state index contributed by atoms with van der Waals surface area (Å²) in [6, 6.07) is 1.60. The second-order valence-corrected chi connectivity index (χ2v) is 5.79. The minimum Gasteiger partial charge on any atom is -0.379 e. The van der Waals surface area contributed by atoms with Gasteiger partial charge in [0.25, 0.3) is 5.91 Å². The molecule has 22 heavy (non-hydrogen) atoms. The van der Waals surface area contributed by atoms with Gasteiger partial charge in [-0.1, -0.05) is 5.16 Å². The molecule has 0 bridgehead atoms. The number of nitrogens with one attached hydrogen (secondary N) is 1. The number of nitrogens with zero attached hydrogens (tertiary/aromatic N) is 2. The van der Waals surface area contributed by atoms with Crippen LogP contribution in [0.1, 0.15) is 36.5 Å². The summed E-state index contributed by atoms with van der Waals surface area (Å²) in [5.74, 6) is 0.265. The third-order valence-corrected chi connectivity index (χ3v) is 3.46. The number of likely N-dealkylation sites (tertiary alicyclic amines) is 1. The number of ether oxygens (including phenoxy) is 1. The molecule has 1 aliphatic heterocycles. The first-order valence-electron chi connectivity index (χ1n) is 7.59. The summed E-state index contributed by atoms with van der Waals surface area (Å²) < 4.78 is 10.3. The van der Waals surface area contributed by atoms with Crippen molar-refractivity contribution in [2.24, 2.45) is 5.92 Å². The first-order valence-corrected chi connectivity index (χ1v) is 7.59. The number of hydrogen-bond donors (Lipinski definition) is 1. The average molecular weight is 309 g/mol. The topological polar surface area (TPSA) is 84.7 Å². The Morgan fingerprint density at radius 2 is 2.23 bits per heavy atom. The second-order valence-electron chi connectivity index (χ2n) is 5.79. The lowest BCUT2D eigenvalue weighted by molar-refractivity contribution is -0.129. The average Bonchev–Trinajstić information content (AvgIpc) is 2.82. The van der Waals surface area contributed by atoms with Crippen LogP contribution in [0.4, 0.5) is 0 Å². The third-order valence-electron chi connectivity index (χ3n) is 3.46. The molecule has 0 saturated carbocycles. The SMILES string of the molecule is Cc1cc(C(=O)N2CC(C(=O)NCCCOC(C)C)C2)no1. The molecule has 1 aromatic rings. The van der Waals surface area contributed by atoms with Gasteiger partial charge in [-0.05, 0) is 27.2 Å². The van der Waals surface area contributed by atoms with E-state index in [1.54, 1.807) is 17.9 Å². The maximum Gasteiger partial charge on any atom is 0.276 e. The number of carbonyl (C=O) groups excluding carboxylic acids is 2. The van der Waals surface area contributed by atoms with E-state index in [2.05, 4.69) is 10.5 Å². The molecule has 122 valence electrons. The Balaban J connectivity index is 1.63.